The highest BCUT2D eigenvalue weighted by molar-refractivity contribution is 7.92. The topological polar surface area (TPSA) is 122 Å². The minimum atomic E-state index is -3.29. The summed E-state index contributed by atoms with van der Waals surface area (Å²) in [5.41, 5.74) is 0.864. The maximum atomic E-state index is 12.2. The van der Waals surface area contributed by atoms with E-state index in [1.54, 1.807) is 25.1 Å². The summed E-state index contributed by atoms with van der Waals surface area (Å²) in [6.45, 7) is 1.91. The zero-order valence-electron chi connectivity index (χ0n) is 14.8. The van der Waals surface area contributed by atoms with E-state index in [-0.39, 0.29) is 18.1 Å². The number of hydrogen-bond donors (Lipinski definition) is 2. The van der Waals surface area contributed by atoms with Gasteiger partial charge in [-0.05, 0) is 44.0 Å². The lowest BCUT2D eigenvalue weighted by Crippen LogP contribution is -2.37. The first-order valence-corrected chi connectivity index (χ1v) is 10.1. The van der Waals surface area contributed by atoms with Gasteiger partial charge in [0, 0.05) is 18.2 Å². The van der Waals surface area contributed by atoms with Gasteiger partial charge >= 0.3 is 0 Å². The molecule has 2 amide bonds. The summed E-state index contributed by atoms with van der Waals surface area (Å²) in [6, 6.07) is 7.82. The van der Waals surface area contributed by atoms with Crippen LogP contribution in [0.2, 0.25) is 0 Å². The molecule has 0 unspecified atom stereocenters. The molecule has 3 rings (SSSR count). The Morgan fingerprint density at radius 2 is 1.96 bits per heavy atom. The normalized spacial score (nSPS) is 16.0. The van der Waals surface area contributed by atoms with Crippen LogP contribution < -0.4 is 14.9 Å². The molecule has 0 aliphatic carbocycles. The van der Waals surface area contributed by atoms with Crippen LogP contribution in [0.25, 0.3) is 0 Å². The second kappa shape index (κ2) is 7.78. The average molecular weight is 392 g/mol. The third-order valence-electron chi connectivity index (χ3n) is 4.07. The Kier molecular flexibility index (Phi) is 5.45. The highest BCUT2D eigenvalue weighted by atomic mass is 32.2. The van der Waals surface area contributed by atoms with Crippen LogP contribution in [-0.4, -0.2) is 44.2 Å². The van der Waals surface area contributed by atoms with Crippen molar-refractivity contribution < 1.29 is 22.5 Å². The Hall–Kier alpha value is -2.88. The highest BCUT2D eigenvalue weighted by Crippen LogP contribution is 2.23. The van der Waals surface area contributed by atoms with Gasteiger partial charge in [0.15, 0.2) is 5.82 Å². The molecule has 2 heterocycles. The number of nitrogens with one attached hydrogen (secondary N) is 2. The van der Waals surface area contributed by atoms with Gasteiger partial charge in [-0.1, -0.05) is 5.16 Å². The van der Waals surface area contributed by atoms with E-state index in [4.69, 9.17) is 4.52 Å². The Morgan fingerprint density at radius 1 is 1.22 bits per heavy atom. The van der Waals surface area contributed by atoms with Crippen molar-refractivity contribution in [2.45, 2.75) is 19.8 Å². The van der Waals surface area contributed by atoms with Crippen LogP contribution in [0.5, 0.6) is 0 Å². The number of rotatable bonds is 5. The van der Waals surface area contributed by atoms with Crippen molar-refractivity contribution in [1.29, 1.82) is 0 Å². The number of benzene rings is 1. The average Bonchev–Trinajstić information content (AvgIpc) is 3.04. The van der Waals surface area contributed by atoms with Gasteiger partial charge in [0.1, 0.15) is 5.76 Å². The summed E-state index contributed by atoms with van der Waals surface area (Å²) in [4.78, 5) is 24.0. The number of carbonyl (C=O) groups is 2. The number of aryl methyl sites for hydroxylation is 1. The highest BCUT2D eigenvalue weighted by Gasteiger charge is 2.26. The molecule has 144 valence electrons. The second-order valence-corrected chi connectivity index (χ2v) is 8.21. The monoisotopic (exact) mass is 392 g/mol. The van der Waals surface area contributed by atoms with Gasteiger partial charge in [0.2, 0.25) is 15.9 Å². The lowest BCUT2D eigenvalue weighted by Gasteiger charge is -2.28. The van der Waals surface area contributed by atoms with E-state index in [9.17, 15) is 18.0 Å². The Balaban J connectivity index is 1.56. The zero-order valence-corrected chi connectivity index (χ0v) is 15.6. The van der Waals surface area contributed by atoms with E-state index in [2.05, 4.69) is 15.8 Å². The molecule has 0 spiro atoms. The Bertz CT molecular complexity index is 936. The molecule has 0 atom stereocenters. The molecule has 2 aromatic rings. The maximum Gasteiger partial charge on any atom is 0.251 e. The quantitative estimate of drug-likeness (QED) is 0.791. The zero-order chi connectivity index (χ0) is 19.4. The van der Waals surface area contributed by atoms with Crippen LogP contribution in [0, 0.1) is 6.92 Å². The number of sulfonamides is 1. The SMILES string of the molecule is Cc1cc(NC(=O)CNC(=O)c2ccc(N3CCCCS3(=O)=O)cc2)no1. The first-order chi connectivity index (χ1) is 12.8. The third kappa shape index (κ3) is 4.64. The first kappa shape index (κ1) is 18.9. The molecule has 1 aliphatic rings. The Labute approximate surface area is 156 Å². The molecule has 2 N–H and O–H groups in total. The van der Waals surface area contributed by atoms with E-state index < -0.39 is 21.8 Å². The first-order valence-electron chi connectivity index (χ1n) is 8.47. The number of anilines is 2. The van der Waals surface area contributed by atoms with E-state index in [0.717, 1.165) is 6.42 Å². The van der Waals surface area contributed by atoms with Crippen molar-refractivity contribution in [1.82, 2.24) is 10.5 Å². The van der Waals surface area contributed by atoms with Crippen molar-refractivity contribution in [2.24, 2.45) is 0 Å². The fraction of sp³-hybridized carbons (Fsp3) is 0.353. The predicted octanol–water partition coefficient (Wildman–Crippen LogP) is 1.28. The molecule has 1 fully saturated rings. The van der Waals surface area contributed by atoms with Gasteiger partial charge in [0.05, 0.1) is 18.0 Å². The molecule has 27 heavy (non-hydrogen) atoms. The fourth-order valence-electron chi connectivity index (χ4n) is 2.73. The largest absolute Gasteiger partial charge is 0.360 e. The molecule has 1 saturated heterocycles. The van der Waals surface area contributed by atoms with Crippen LogP contribution >= 0.6 is 0 Å². The molecule has 0 radical (unpaired) electrons. The summed E-state index contributed by atoms with van der Waals surface area (Å²) < 4.78 is 30.4. The van der Waals surface area contributed by atoms with Gasteiger partial charge < -0.3 is 15.2 Å². The third-order valence-corrected chi connectivity index (χ3v) is 5.94. The van der Waals surface area contributed by atoms with E-state index in [1.165, 1.54) is 16.4 Å². The van der Waals surface area contributed by atoms with Crippen LogP contribution in [0.15, 0.2) is 34.9 Å². The summed E-state index contributed by atoms with van der Waals surface area (Å²) in [6.07, 6.45) is 1.47. The van der Waals surface area contributed by atoms with Crippen molar-refractivity contribution in [3.05, 3.63) is 41.7 Å². The lowest BCUT2D eigenvalue weighted by atomic mass is 10.2. The molecular formula is C17H20N4O5S. The van der Waals surface area contributed by atoms with Crippen LogP contribution in [0.3, 0.4) is 0 Å². The minimum Gasteiger partial charge on any atom is -0.360 e. The van der Waals surface area contributed by atoms with Crippen molar-refractivity contribution in [3.63, 3.8) is 0 Å². The second-order valence-electron chi connectivity index (χ2n) is 6.20. The van der Waals surface area contributed by atoms with Crippen molar-refractivity contribution in [2.75, 3.05) is 28.5 Å². The minimum absolute atomic E-state index is 0.134. The van der Waals surface area contributed by atoms with Crippen LogP contribution in [0.1, 0.15) is 29.0 Å². The molecule has 0 bridgehead atoms. The summed E-state index contributed by atoms with van der Waals surface area (Å²) in [7, 11) is -3.29. The van der Waals surface area contributed by atoms with Crippen molar-refractivity contribution in [3.8, 4) is 0 Å². The van der Waals surface area contributed by atoms with E-state index in [1.807, 2.05) is 0 Å². The maximum absolute atomic E-state index is 12.2. The molecule has 1 aromatic carbocycles. The molecule has 1 aliphatic heterocycles. The number of aromatic nitrogens is 1. The standard InChI is InChI=1S/C17H20N4O5S/c1-12-10-15(20-26-12)19-16(22)11-18-17(23)13-4-6-14(7-5-13)21-8-2-3-9-27(21,24)25/h4-7,10H,2-3,8-9,11H2,1H3,(H,18,23)(H,19,20,22). The number of amides is 2. The number of hydrogen-bond acceptors (Lipinski definition) is 6. The number of carbonyl (C=O) groups excluding carboxylic acids is 2. The molecule has 1 aromatic heterocycles. The fourth-order valence-corrected chi connectivity index (χ4v) is 4.37. The van der Waals surface area contributed by atoms with Crippen LogP contribution in [-0.2, 0) is 14.8 Å². The van der Waals surface area contributed by atoms with Gasteiger partial charge in [-0.2, -0.15) is 0 Å². The van der Waals surface area contributed by atoms with Gasteiger partial charge in [-0.25, -0.2) is 8.42 Å². The summed E-state index contributed by atoms with van der Waals surface area (Å²) >= 11 is 0. The van der Waals surface area contributed by atoms with Gasteiger partial charge in [0.25, 0.3) is 5.91 Å². The van der Waals surface area contributed by atoms with Gasteiger partial charge in [-0.15, -0.1) is 0 Å². The summed E-state index contributed by atoms with van der Waals surface area (Å²) in [5.74, 6) is 0.0984. The van der Waals surface area contributed by atoms with Gasteiger partial charge in [-0.3, -0.25) is 13.9 Å². The molecule has 0 saturated carbocycles. The molecule has 10 heteroatoms. The van der Waals surface area contributed by atoms with Crippen molar-refractivity contribution >= 4 is 33.3 Å². The number of nitrogens with zero attached hydrogens (tertiary/aromatic N) is 2. The van der Waals surface area contributed by atoms with E-state index in [0.29, 0.717) is 30.0 Å². The predicted molar refractivity (Wildman–Crippen MR) is 99.0 cm³/mol. The Morgan fingerprint density at radius 3 is 2.59 bits per heavy atom. The van der Waals surface area contributed by atoms with E-state index >= 15 is 0 Å². The summed E-state index contributed by atoms with van der Waals surface area (Å²) in [5, 5.41) is 8.63. The smallest absolute Gasteiger partial charge is 0.251 e. The molecule has 9 nitrogen and oxygen atoms in total. The lowest BCUT2D eigenvalue weighted by molar-refractivity contribution is -0.115. The molecular weight excluding hydrogens is 372 g/mol. The van der Waals surface area contributed by atoms with Crippen LogP contribution in [0.4, 0.5) is 11.5 Å².